The van der Waals surface area contributed by atoms with Crippen LogP contribution in [0.25, 0.3) is 11.3 Å². The van der Waals surface area contributed by atoms with E-state index in [1.54, 1.807) is 35.2 Å². The first kappa shape index (κ1) is 26.9. The molecule has 1 aliphatic heterocycles. The van der Waals surface area contributed by atoms with E-state index in [1.165, 1.54) is 12.1 Å². The number of anilines is 2. The van der Waals surface area contributed by atoms with Crippen LogP contribution in [0.3, 0.4) is 0 Å². The number of aliphatic carboxylic acids is 1. The molecule has 1 saturated heterocycles. The van der Waals surface area contributed by atoms with Crippen molar-refractivity contribution in [2.75, 3.05) is 22.7 Å². The first-order valence-corrected chi connectivity index (χ1v) is 14.2. The number of carboxylic acid groups (broad SMARTS) is 1. The maximum Gasteiger partial charge on any atom is 0.418 e. The van der Waals surface area contributed by atoms with Gasteiger partial charge in [0, 0.05) is 18.7 Å². The summed E-state index contributed by atoms with van der Waals surface area (Å²) in [7, 11) is -4.32. The second kappa shape index (κ2) is 10.5. The molecule has 5 rings (SSSR count). The number of nitrogens with zero attached hydrogens (tertiary/aromatic N) is 3. The minimum atomic E-state index is -4.69. The summed E-state index contributed by atoms with van der Waals surface area (Å²) in [6, 6.07) is 13.0. The van der Waals surface area contributed by atoms with Gasteiger partial charge in [0.15, 0.2) is 5.03 Å². The highest BCUT2D eigenvalue weighted by Crippen LogP contribution is 2.44. The lowest BCUT2D eigenvalue weighted by molar-refractivity contribution is -0.142. The van der Waals surface area contributed by atoms with Crippen molar-refractivity contribution in [2.45, 2.75) is 49.2 Å². The van der Waals surface area contributed by atoms with E-state index in [-0.39, 0.29) is 29.0 Å². The van der Waals surface area contributed by atoms with Crippen LogP contribution in [0.2, 0.25) is 0 Å². The van der Waals surface area contributed by atoms with Gasteiger partial charge in [0.05, 0.1) is 17.2 Å². The molecule has 8 nitrogen and oxygen atoms in total. The van der Waals surface area contributed by atoms with Crippen molar-refractivity contribution in [1.82, 2.24) is 9.97 Å². The number of benzene rings is 1. The Morgan fingerprint density at radius 1 is 0.974 bits per heavy atom. The third-order valence-corrected chi connectivity index (χ3v) is 8.54. The fraction of sp³-hybridized carbons (Fsp3) is 0.370. The fourth-order valence-corrected chi connectivity index (χ4v) is 6.01. The molecule has 1 atom stereocenters. The number of nitrogens with one attached hydrogen (secondary N) is 1. The Balaban J connectivity index is 1.47. The molecular weight excluding hydrogens is 533 g/mol. The molecule has 2 N–H and O–H groups in total. The van der Waals surface area contributed by atoms with Crippen LogP contribution < -0.4 is 9.62 Å². The second-order valence-corrected chi connectivity index (χ2v) is 11.5. The van der Waals surface area contributed by atoms with E-state index < -0.39 is 33.7 Å². The van der Waals surface area contributed by atoms with Crippen LogP contribution in [0.5, 0.6) is 0 Å². The van der Waals surface area contributed by atoms with E-state index in [4.69, 9.17) is 0 Å². The summed E-state index contributed by atoms with van der Waals surface area (Å²) in [5.74, 6) is -1.34. The van der Waals surface area contributed by atoms with Crippen molar-refractivity contribution in [3.63, 3.8) is 0 Å². The van der Waals surface area contributed by atoms with Gasteiger partial charge in [-0.3, -0.25) is 9.52 Å². The van der Waals surface area contributed by atoms with E-state index in [0.29, 0.717) is 30.8 Å². The normalized spacial score (nSPS) is 18.4. The van der Waals surface area contributed by atoms with E-state index in [1.807, 2.05) is 0 Å². The maximum atomic E-state index is 14.0. The number of piperidine rings is 1. The molecule has 1 aromatic carbocycles. The number of carboxylic acids is 1. The Hall–Kier alpha value is -3.67. The van der Waals surface area contributed by atoms with Gasteiger partial charge in [-0.2, -0.15) is 21.6 Å². The smallest absolute Gasteiger partial charge is 0.418 e. The van der Waals surface area contributed by atoms with Gasteiger partial charge in [-0.25, -0.2) is 9.97 Å². The van der Waals surface area contributed by atoms with E-state index in [9.17, 15) is 31.5 Å². The van der Waals surface area contributed by atoms with Crippen molar-refractivity contribution in [2.24, 2.45) is 5.92 Å². The highest BCUT2D eigenvalue weighted by molar-refractivity contribution is 7.92. The summed E-state index contributed by atoms with van der Waals surface area (Å²) >= 11 is 0. The largest absolute Gasteiger partial charge is 0.481 e. The molecule has 0 amide bonds. The predicted molar refractivity (Wildman–Crippen MR) is 139 cm³/mol. The molecule has 3 aromatic rings. The molecule has 2 fully saturated rings. The highest BCUT2D eigenvalue weighted by atomic mass is 32.2. The highest BCUT2D eigenvalue weighted by Gasteiger charge is 2.36. The SMILES string of the molecule is O=C(O)[C@H]1CCCN(c2cccc(S(=O)(=O)Nc3ccc(C(F)(F)F)c(-c4ccccc4C4CCC4)n3)n2)C1. The number of sulfonamides is 1. The molecule has 1 saturated carbocycles. The number of pyridine rings is 2. The fourth-order valence-electron chi connectivity index (χ4n) is 5.04. The monoisotopic (exact) mass is 560 g/mol. The average Bonchev–Trinajstić information content (AvgIpc) is 2.87. The number of aromatic nitrogens is 2. The maximum absolute atomic E-state index is 14.0. The summed E-state index contributed by atoms with van der Waals surface area (Å²) in [6.07, 6.45) is -0.803. The van der Waals surface area contributed by atoms with Crippen molar-refractivity contribution >= 4 is 27.6 Å². The minimum Gasteiger partial charge on any atom is -0.481 e. The first-order chi connectivity index (χ1) is 18.5. The number of carbonyl (C=O) groups is 1. The van der Waals surface area contributed by atoms with Gasteiger partial charge in [0.1, 0.15) is 11.6 Å². The minimum absolute atomic E-state index is 0.131. The second-order valence-electron chi connectivity index (χ2n) is 9.87. The predicted octanol–water partition coefficient (Wildman–Crippen LogP) is 5.53. The lowest BCUT2D eigenvalue weighted by atomic mass is 9.77. The standard InChI is InChI=1S/C27H27F3N4O4S/c28-27(29,30)21-13-14-22(31-25(21)20-10-2-1-9-19(20)17-6-3-7-17)33-39(37,38)24-12-4-11-23(32-24)34-15-5-8-18(16-34)26(35)36/h1-2,4,9-14,17-18H,3,5-8,15-16H2,(H,31,33)(H,35,36)/t18-/m0/s1. The number of hydrogen-bond acceptors (Lipinski definition) is 6. The van der Waals surface area contributed by atoms with Crippen LogP contribution in [0.15, 0.2) is 59.6 Å². The van der Waals surface area contributed by atoms with Crippen LogP contribution >= 0.6 is 0 Å². The lowest BCUT2D eigenvalue weighted by Crippen LogP contribution is -2.39. The molecule has 206 valence electrons. The molecule has 0 unspecified atom stereocenters. The van der Waals surface area contributed by atoms with Gasteiger partial charge in [-0.15, -0.1) is 0 Å². The zero-order chi connectivity index (χ0) is 27.8. The van der Waals surface area contributed by atoms with E-state index in [2.05, 4.69) is 14.7 Å². The molecule has 39 heavy (non-hydrogen) atoms. The molecule has 2 aromatic heterocycles. The van der Waals surface area contributed by atoms with Crippen molar-refractivity contribution < 1.29 is 31.5 Å². The zero-order valence-corrected chi connectivity index (χ0v) is 21.7. The summed E-state index contributed by atoms with van der Waals surface area (Å²) in [6.45, 7) is 0.724. The molecular formula is C27H27F3N4O4S. The Labute approximate surface area is 224 Å². The Kier molecular flexibility index (Phi) is 7.23. The van der Waals surface area contributed by atoms with E-state index in [0.717, 1.165) is 37.0 Å². The van der Waals surface area contributed by atoms with Gasteiger partial charge < -0.3 is 10.0 Å². The summed E-state index contributed by atoms with van der Waals surface area (Å²) in [5, 5.41) is 9.01. The number of halogens is 3. The van der Waals surface area contributed by atoms with Crippen molar-refractivity contribution in [3.05, 3.63) is 65.7 Å². The Morgan fingerprint density at radius 3 is 2.44 bits per heavy atom. The quantitative estimate of drug-likeness (QED) is 0.391. The van der Waals surface area contributed by atoms with Crippen molar-refractivity contribution in [3.8, 4) is 11.3 Å². The Morgan fingerprint density at radius 2 is 1.74 bits per heavy atom. The first-order valence-electron chi connectivity index (χ1n) is 12.7. The Bertz CT molecular complexity index is 1490. The molecule has 0 radical (unpaired) electrons. The average molecular weight is 561 g/mol. The molecule has 3 heterocycles. The van der Waals surface area contributed by atoms with Gasteiger partial charge in [-0.1, -0.05) is 36.8 Å². The van der Waals surface area contributed by atoms with Crippen LogP contribution in [0.4, 0.5) is 24.8 Å². The lowest BCUT2D eigenvalue weighted by Gasteiger charge is -2.31. The number of hydrogen-bond donors (Lipinski definition) is 2. The number of rotatable bonds is 7. The van der Waals surface area contributed by atoms with Crippen molar-refractivity contribution in [1.29, 1.82) is 0 Å². The molecule has 0 bridgehead atoms. The molecule has 1 aliphatic carbocycles. The third-order valence-electron chi connectivity index (χ3n) is 7.28. The topological polar surface area (TPSA) is 112 Å². The number of alkyl halides is 3. The molecule has 12 heteroatoms. The van der Waals surface area contributed by atoms with Gasteiger partial charge in [-0.05, 0) is 61.4 Å². The molecule has 2 aliphatic rings. The van der Waals surface area contributed by atoms with Gasteiger partial charge in [0.2, 0.25) is 0 Å². The summed E-state index contributed by atoms with van der Waals surface area (Å²) in [4.78, 5) is 21.5. The van der Waals surface area contributed by atoms with Crippen LogP contribution in [0, 0.1) is 5.92 Å². The third kappa shape index (κ3) is 5.70. The van der Waals surface area contributed by atoms with Crippen LogP contribution in [-0.4, -0.2) is 42.6 Å². The van der Waals surface area contributed by atoms with E-state index >= 15 is 0 Å². The van der Waals surface area contributed by atoms with Gasteiger partial charge in [0.25, 0.3) is 10.0 Å². The van der Waals surface area contributed by atoms with Crippen LogP contribution in [0.1, 0.15) is 49.1 Å². The van der Waals surface area contributed by atoms with Crippen LogP contribution in [-0.2, 0) is 21.0 Å². The zero-order valence-electron chi connectivity index (χ0n) is 20.9. The summed E-state index contributed by atoms with van der Waals surface area (Å²) < 4.78 is 70.6. The molecule has 0 spiro atoms. The summed E-state index contributed by atoms with van der Waals surface area (Å²) in [5.41, 5.74) is -0.193. The van der Waals surface area contributed by atoms with Gasteiger partial charge >= 0.3 is 12.1 Å².